The molecule has 1 fully saturated rings. The Morgan fingerprint density at radius 3 is 2.59 bits per heavy atom. The van der Waals surface area contributed by atoms with E-state index in [9.17, 15) is 4.79 Å². The van der Waals surface area contributed by atoms with Crippen LogP contribution in [0.3, 0.4) is 0 Å². The molecule has 0 spiro atoms. The zero-order valence-corrected chi connectivity index (χ0v) is 10.6. The molecule has 0 bridgehead atoms. The smallest absolute Gasteiger partial charge is 0.251 e. The lowest BCUT2D eigenvalue weighted by Crippen LogP contribution is -2.43. The number of amides is 1. The van der Waals surface area contributed by atoms with Crippen LogP contribution in [-0.2, 0) is 0 Å². The molecule has 2 heteroatoms. The lowest BCUT2D eigenvalue weighted by atomic mass is 9.78. The number of carbonyl (C=O) groups is 1. The molecule has 0 radical (unpaired) electrons. The van der Waals surface area contributed by atoms with Crippen molar-refractivity contribution in [1.29, 1.82) is 0 Å². The van der Waals surface area contributed by atoms with Crippen LogP contribution in [0.4, 0.5) is 0 Å². The molecule has 1 saturated carbocycles. The van der Waals surface area contributed by atoms with Gasteiger partial charge in [-0.1, -0.05) is 44.9 Å². The Morgan fingerprint density at radius 1 is 1.18 bits per heavy atom. The summed E-state index contributed by atoms with van der Waals surface area (Å²) in [4.78, 5) is 12.1. The van der Waals surface area contributed by atoms with E-state index in [0.717, 1.165) is 12.0 Å². The Balaban J connectivity index is 1.99. The van der Waals surface area contributed by atoms with Crippen molar-refractivity contribution in [3.63, 3.8) is 0 Å². The SMILES string of the molecule is C[C@H]1[C@H](C)CCC[C@H]1NC(=O)c1ccccc1. The summed E-state index contributed by atoms with van der Waals surface area (Å²) >= 11 is 0. The van der Waals surface area contributed by atoms with Gasteiger partial charge in [0.2, 0.25) is 0 Å². The minimum atomic E-state index is 0.0663. The molecule has 1 amide bonds. The zero-order valence-electron chi connectivity index (χ0n) is 10.6. The standard InChI is InChI=1S/C15H21NO/c1-11-7-6-10-14(12(11)2)16-15(17)13-8-4-3-5-9-13/h3-5,8-9,11-12,14H,6-7,10H2,1-2H3,(H,16,17)/t11-,12+,14-/m1/s1. The van der Waals surface area contributed by atoms with E-state index in [-0.39, 0.29) is 5.91 Å². The lowest BCUT2D eigenvalue weighted by Gasteiger charge is -2.34. The number of nitrogens with one attached hydrogen (secondary N) is 1. The summed E-state index contributed by atoms with van der Waals surface area (Å²) in [5, 5.41) is 3.18. The highest BCUT2D eigenvalue weighted by atomic mass is 16.1. The maximum atomic E-state index is 12.1. The molecule has 0 aliphatic heterocycles. The molecule has 0 unspecified atom stereocenters. The molecule has 3 atom stereocenters. The van der Waals surface area contributed by atoms with Crippen molar-refractivity contribution in [3.8, 4) is 0 Å². The zero-order chi connectivity index (χ0) is 12.3. The molecule has 0 aromatic heterocycles. The largest absolute Gasteiger partial charge is 0.349 e. The molecule has 1 aromatic carbocycles. The van der Waals surface area contributed by atoms with Gasteiger partial charge in [-0.25, -0.2) is 0 Å². The predicted octanol–water partition coefficient (Wildman–Crippen LogP) is 3.24. The maximum Gasteiger partial charge on any atom is 0.251 e. The second kappa shape index (κ2) is 5.35. The minimum Gasteiger partial charge on any atom is -0.349 e. The summed E-state index contributed by atoms with van der Waals surface area (Å²) in [6, 6.07) is 9.82. The first-order valence-electron chi connectivity index (χ1n) is 6.54. The molecule has 92 valence electrons. The van der Waals surface area contributed by atoms with Crippen molar-refractivity contribution in [1.82, 2.24) is 5.32 Å². The molecule has 17 heavy (non-hydrogen) atoms. The molecule has 2 rings (SSSR count). The van der Waals surface area contributed by atoms with Gasteiger partial charge in [-0.3, -0.25) is 4.79 Å². The normalized spacial score (nSPS) is 28.7. The average Bonchev–Trinajstić information content (AvgIpc) is 2.36. The first-order valence-corrected chi connectivity index (χ1v) is 6.54. The lowest BCUT2D eigenvalue weighted by molar-refractivity contribution is 0.0891. The number of hydrogen-bond acceptors (Lipinski definition) is 1. The van der Waals surface area contributed by atoms with Gasteiger partial charge in [-0.2, -0.15) is 0 Å². The molecule has 1 N–H and O–H groups in total. The van der Waals surface area contributed by atoms with Crippen LogP contribution in [0, 0.1) is 11.8 Å². The molecule has 0 heterocycles. The van der Waals surface area contributed by atoms with Crippen LogP contribution < -0.4 is 5.32 Å². The number of carbonyl (C=O) groups excluding carboxylic acids is 1. The van der Waals surface area contributed by atoms with E-state index in [1.165, 1.54) is 12.8 Å². The van der Waals surface area contributed by atoms with E-state index in [1.807, 2.05) is 30.3 Å². The molecule has 1 aromatic rings. The third kappa shape index (κ3) is 2.87. The highest BCUT2D eigenvalue weighted by Gasteiger charge is 2.28. The second-order valence-electron chi connectivity index (χ2n) is 5.21. The van der Waals surface area contributed by atoms with Crippen LogP contribution in [0.5, 0.6) is 0 Å². The Kier molecular flexibility index (Phi) is 3.82. The Bertz CT molecular complexity index is 374. The van der Waals surface area contributed by atoms with Gasteiger partial charge < -0.3 is 5.32 Å². The quantitative estimate of drug-likeness (QED) is 0.831. The Morgan fingerprint density at radius 2 is 1.88 bits per heavy atom. The maximum absolute atomic E-state index is 12.1. The molecular formula is C15H21NO. The fourth-order valence-corrected chi connectivity index (χ4v) is 2.63. The van der Waals surface area contributed by atoms with E-state index in [4.69, 9.17) is 0 Å². The van der Waals surface area contributed by atoms with Crippen molar-refractivity contribution in [2.24, 2.45) is 11.8 Å². The summed E-state index contributed by atoms with van der Waals surface area (Å²) in [5.74, 6) is 1.36. The summed E-state index contributed by atoms with van der Waals surface area (Å²) in [5.41, 5.74) is 0.762. The van der Waals surface area contributed by atoms with Crippen LogP contribution in [-0.4, -0.2) is 11.9 Å². The fourth-order valence-electron chi connectivity index (χ4n) is 2.63. The third-order valence-electron chi connectivity index (χ3n) is 4.06. The highest BCUT2D eigenvalue weighted by Crippen LogP contribution is 2.29. The summed E-state index contributed by atoms with van der Waals surface area (Å²) in [7, 11) is 0. The number of benzene rings is 1. The van der Waals surface area contributed by atoms with E-state index in [0.29, 0.717) is 17.9 Å². The van der Waals surface area contributed by atoms with Gasteiger partial charge in [0, 0.05) is 11.6 Å². The van der Waals surface area contributed by atoms with Gasteiger partial charge in [-0.05, 0) is 30.4 Å². The highest BCUT2D eigenvalue weighted by molar-refractivity contribution is 5.94. The predicted molar refractivity (Wildman–Crippen MR) is 69.9 cm³/mol. The van der Waals surface area contributed by atoms with Crippen LogP contribution in [0.15, 0.2) is 30.3 Å². The van der Waals surface area contributed by atoms with E-state index < -0.39 is 0 Å². The second-order valence-corrected chi connectivity index (χ2v) is 5.21. The van der Waals surface area contributed by atoms with Gasteiger partial charge in [0.15, 0.2) is 0 Å². The average molecular weight is 231 g/mol. The first-order chi connectivity index (χ1) is 8.18. The van der Waals surface area contributed by atoms with Crippen LogP contribution in [0.25, 0.3) is 0 Å². The van der Waals surface area contributed by atoms with Crippen LogP contribution in [0.2, 0.25) is 0 Å². The van der Waals surface area contributed by atoms with Gasteiger partial charge in [0.25, 0.3) is 5.91 Å². The minimum absolute atomic E-state index is 0.0663. The van der Waals surface area contributed by atoms with Crippen molar-refractivity contribution >= 4 is 5.91 Å². The van der Waals surface area contributed by atoms with Gasteiger partial charge in [-0.15, -0.1) is 0 Å². The van der Waals surface area contributed by atoms with Gasteiger partial charge >= 0.3 is 0 Å². The van der Waals surface area contributed by atoms with Crippen molar-refractivity contribution < 1.29 is 4.79 Å². The Labute approximate surface area is 103 Å². The molecule has 0 saturated heterocycles. The molecule has 1 aliphatic rings. The van der Waals surface area contributed by atoms with Crippen molar-refractivity contribution in [2.45, 2.75) is 39.2 Å². The Hall–Kier alpha value is -1.31. The van der Waals surface area contributed by atoms with E-state index in [2.05, 4.69) is 19.2 Å². The van der Waals surface area contributed by atoms with E-state index >= 15 is 0 Å². The van der Waals surface area contributed by atoms with Crippen LogP contribution in [0.1, 0.15) is 43.5 Å². The summed E-state index contributed by atoms with van der Waals surface area (Å²) in [6.07, 6.45) is 3.63. The van der Waals surface area contributed by atoms with E-state index in [1.54, 1.807) is 0 Å². The molecule has 2 nitrogen and oxygen atoms in total. The van der Waals surface area contributed by atoms with Gasteiger partial charge in [0.1, 0.15) is 0 Å². The first kappa shape index (κ1) is 12.2. The van der Waals surface area contributed by atoms with Crippen molar-refractivity contribution in [3.05, 3.63) is 35.9 Å². The summed E-state index contributed by atoms with van der Waals surface area (Å²) in [6.45, 7) is 4.53. The molecular weight excluding hydrogens is 210 g/mol. The van der Waals surface area contributed by atoms with Gasteiger partial charge in [0.05, 0.1) is 0 Å². The van der Waals surface area contributed by atoms with Crippen LogP contribution >= 0.6 is 0 Å². The fraction of sp³-hybridized carbons (Fsp3) is 0.533. The third-order valence-corrected chi connectivity index (χ3v) is 4.06. The van der Waals surface area contributed by atoms with Crippen molar-refractivity contribution in [2.75, 3.05) is 0 Å². The number of hydrogen-bond donors (Lipinski definition) is 1. The monoisotopic (exact) mass is 231 g/mol. The summed E-state index contributed by atoms with van der Waals surface area (Å²) < 4.78 is 0. The molecule has 1 aliphatic carbocycles. The number of rotatable bonds is 2. The topological polar surface area (TPSA) is 29.1 Å².